The van der Waals surface area contributed by atoms with Crippen LogP contribution in [0.3, 0.4) is 0 Å². The molecule has 0 saturated carbocycles. The zero-order valence-electron chi connectivity index (χ0n) is 12.6. The van der Waals surface area contributed by atoms with Gasteiger partial charge in [-0.25, -0.2) is 0 Å². The first-order valence-electron chi connectivity index (χ1n) is 6.87. The molecule has 1 aromatic rings. The van der Waals surface area contributed by atoms with Crippen LogP contribution >= 0.6 is 11.3 Å². The Labute approximate surface area is 128 Å². The van der Waals surface area contributed by atoms with E-state index in [2.05, 4.69) is 0 Å². The van der Waals surface area contributed by atoms with Gasteiger partial charge in [0, 0.05) is 48.2 Å². The molecule has 0 radical (unpaired) electrons. The van der Waals surface area contributed by atoms with Crippen LogP contribution in [-0.4, -0.2) is 41.3 Å². The third-order valence-corrected chi connectivity index (χ3v) is 4.18. The fraction of sp³-hybridized carbons (Fsp3) is 0.533. The van der Waals surface area contributed by atoms with Crippen molar-refractivity contribution in [1.29, 1.82) is 0 Å². The van der Waals surface area contributed by atoms with Crippen LogP contribution in [0, 0.1) is 13.8 Å². The second-order valence-electron chi connectivity index (χ2n) is 5.06. The molecule has 0 fully saturated rings. The molecule has 5 nitrogen and oxygen atoms in total. The van der Waals surface area contributed by atoms with Gasteiger partial charge in [0.2, 0.25) is 5.91 Å². The minimum atomic E-state index is -0.866. The summed E-state index contributed by atoms with van der Waals surface area (Å²) < 4.78 is 0. The molecule has 1 aromatic heterocycles. The lowest BCUT2D eigenvalue weighted by Crippen LogP contribution is -2.28. The molecule has 1 N–H and O–H groups in total. The molecule has 0 bridgehead atoms. The third-order valence-electron chi connectivity index (χ3n) is 3.22. The highest BCUT2D eigenvalue weighted by molar-refractivity contribution is 7.12. The van der Waals surface area contributed by atoms with Crippen molar-refractivity contribution in [2.45, 2.75) is 39.5 Å². The zero-order valence-corrected chi connectivity index (χ0v) is 13.5. The van der Waals surface area contributed by atoms with Crippen molar-refractivity contribution in [3.63, 3.8) is 0 Å². The molecule has 6 heteroatoms. The number of aryl methyl sites for hydroxylation is 2. The molecule has 0 aliphatic rings. The molecule has 0 saturated heterocycles. The highest BCUT2D eigenvalue weighted by Crippen LogP contribution is 2.22. The van der Waals surface area contributed by atoms with E-state index in [0.717, 1.165) is 9.75 Å². The minimum absolute atomic E-state index is 0.0101. The van der Waals surface area contributed by atoms with Gasteiger partial charge in [0.1, 0.15) is 0 Å². The molecule has 1 heterocycles. The van der Waals surface area contributed by atoms with Crippen LogP contribution < -0.4 is 0 Å². The summed E-state index contributed by atoms with van der Waals surface area (Å²) in [6.07, 6.45) is 0.828. The van der Waals surface area contributed by atoms with Crippen molar-refractivity contribution >= 4 is 29.0 Å². The number of carboxylic acid groups (broad SMARTS) is 1. The maximum Gasteiger partial charge on any atom is 0.303 e. The predicted octanol–water partition coefficient (Wildman–Crippen LogP) is 2.65. The number of hydrogen-bond acceptors (Lipinski definition) is 4. The lowest BCUT2D eigenvalue weighted by atomic mass is 10.1. The Hall–Kier alpha value is -1.69. The number of rotatable bonds is 8. The fourth-order valence-corrected chi connectivity index (χ4v) is 2.99. The van der Waals surface area contributed by atoms with Crippen molar-refractivity contribution < 1.29 is 19.5 Å². The molecule has 0 spiro atoms. The predicted molar refractivity (Wildman–Crippen MR) is 81.9 cm³/mol. The number of thiophene rings is 1. The van der Waals surface area contributed by atoms with Crippen LogP contribution in [0.25, 0.3) is 0 Å². The Morgan fingerprint density at radius 3 is 2.38 bits per heavy atom. The Kier molecular flexibility index (Phi) is 6.55. The molecule has 0 unspecified atom stereocenters. The minimum Gasteiger partial charge on any atom is -0.481 e. The van der Waals surface area contributed by atoms with Crippen molar-refractivity contribution in [2.24, 2.45) is 0 Å². The molecule has 0 aromatic carbocycles. The van der Waals surface area contributed by atoms with Crippen LogP contribution in [0.5, 0.6) is 0 Å². The van der Waals surface area contributed by atoms with Crippen LogP contribution in [0.4, 0.5) is 0 Å². The van der Waals surface area contributed by atoms with Gasteiger partial charge < -0.3 is 10.0 Å². The van der Waals surface area contributed by atoms with Gasteiger partial charge >= 0.3 is 5.97 Å². The van der Waals surface area contributed by atoms with Crippen molar-refractivity contribution in [3.05, 3.63) is 21.4 Å². The van der Waals surface area contributed by atoms with E-state index < -0.39 is 5.97 Å². The maximum atomic E-state index is 12.1. The molecule has 21 heavy (non-hydrogen) atoms. The number of carbonyl (C=O) groups is 3. The molecule has 1 amide bonds. The number of aliphatic carboxylic acids is 1. The van der Waals surface area contributed by atoms with E-state index in [4.69, 9.17) is 5.11 Å². The Morgan fingerprint density at radius 2 is 1.86 bits per heavy atom. The van der Waals surface area contributed by atoms with Gasteiger partial charge in [0.15, 0.2) is 5.78 Å². The number of amides is 1. The Balaban J connectivity index is 2.40. The summed E-state index contributed by atoms with van der Waals surface area (Å²) in [5, 5.41) is 8.55. The summed E-state index contributed by atoms with van der Waals surface area (Å²) in [6, 6.07) is 1.86. The summed E-state index contributed by atoms with van der Waals surface area (Å²) >= 11 is 1.58. The molecule has 0 aliphatic carbocycles. The van der Waals surface area contributed by atoms with Gasteiger partial charge in [-0.2, -0.15) is 0 Å². The zero-order chi connectivity index (χ0) is 16.0. The average Bonchev–Trinajstić information content (AvgIpc) is 2.74. The van der Waals surface area contributed by atoms with Gasteiger partial charge in [-0.15, -0.1) is 11.3 Å². The van der Waals surface area contributed by atoms with Crippen molar-refractivity contribution in [2.75, 3.05) is 13.6 Å². The van der Waals surface area contributed by atoms with E-state index >= 15 is 0 Å². The number of Topliss-reactive ketones (excluding diaryl/α,β-unsaturated/α-hetero) is 1. The topological polar surface area (TPSA) is 74.7 Å². The van der Waals surface area contributed by atoms with Crippen LogP contribution in [-0.2, 0) is 9.59 Å². The lowest BCUT2D eigenvalue weighted by Gasteiger charge is -2.16. The number of ketones is 1. The molecule has 1 rings (SSSR count). The van der Waals surface area contributed by atoms with Crippen molar-refractivity contribution in [1.82, 2.24) is 4.90 Å². The number of carboxylic acids is 1. The van der Waals surface area contributed by atoms with E-state index in [9.17, 15) is 14.4 Å². The summed E-state index contributed by atoms with van der Waals surface area (Å²) in [5.74, 6) is -1.00. The Morgan fingerprint density at radius 1 is 1.19 bits per heavy atom. The van der Waals surface area contributed by atoms with E-state index in [1.807, 2.05) is 19.9 Å². The first-order valence-corrected chi connectivity index (χ1v) is 7.69. The summed E-state index contributed by atoms with van der Waals surface area (Å²) in [6.45, 7) is 4.26. The van der Waals surface area contributed by atoms with E-state index in [0.29, 0.717) is 18.5 Å². The lowest BCUT2D eigenvalue weighted by molar-refractivity contribution is -0.138. The second kappa shape index (κ2) is 7.93. The number of carbonyl (C=O) groups excluding carboxylic acids is 2. The van der Waals surface area contributed by atoms with E-state index in [-0.39, 0.29) is 31.0 Å². The fourth-order valence-electron chi connectivity index (χ4n) is 2.05. The molecule has 116 valence electrons. The van der Waals surface area contributed by atoms with Crippen LogP contribution in [0.15, 0.2) is 6.07 Å². The summed E-state index contributed by atoms with van der Waals surface area (Å²) in [7, 11) is 1.63. The molecular formula is C15H21NO4S. The van der Waals surface area contributed by atoms with Crippen LogP contribution in [0.1, 0.15) is 45.8 Å². The normalized spacial score (nSPS) is 10.4. The third kappa shape index (κ3) is 5.67. The van der Waals surface area contributed by atoms with E-state index in [1.54, 1.807) is 18.4 Å². The summed E-state index contributed by atoms with van der Waals surface area (Å²) in [4.78, 5) is 37.9. The smallest absolute Gasteiger partial charge is 0.303 e. The van der Waals surface area contributed by atoms with Crippen molar-refractivity contribution in [3.8, 4) is 0 Å². The Bertz CT molecular complexity index is 536. The quantitative estimate of drug-likeness (QED) is 0.749. The largest absolute Gasteiger partial charge is 0.481 e. The molecule has 0 aliphatic heterocycles. The average molecular weight is 311 g/mol. The summed E-state index contributed by atoms with van der Waals surface area (Å²) in [5.41, 5.74) is 0.707. The first-order chi connectivity index (χ1) is 9.81. The van der Waals surface area contributed by atoms with Gasteiger partial charge in [-0.05, 0) is 26.3 Å². The van der Waals surface area contributed by atoms with Gasteiger partial charge in [-0.3, -0.25) is 14.4 Å². The molecular weight excluding hydrogens is 290 g/mol. The maximum absolute atomic E-state index is 12.1. The highest BCUT2D eigenvalue weighted by Gasteiger charge is 2.15. The SMILES string of the molecule is Cc1cc(C(=O)CCC(=O)N(C)CCCC(=O)O)c(C)s1. The van der Waals surface area contributed by atoms with Gasteiger partial charge in [0.05, 0.1) is 0 Å². The van der Waals surface area contributed by atoms with Gasteiger partial charge in [0.25, 0.3) is 0 Å². The monoisotopic (exact) mass is 311 g/mol. The van der Waals surface area contributed by atoms with Gasteiger partial charge in [-0.1, -0.05) is 0 Å². The van der Waals surface area contributed by atoms with Crippen LogP contribution in [0.2, 0.25) is 0 Å². The first kappa shape index (κ1) is 17.4. The standard InChI is InChI=1S/C15H21NO4S/c1-10-9-12(11(2)21-10)13(17)6-7-14(18)16(3)8-4-5-15(19)20/h9H,4-8H2,1-3H3,(H,19,20). The number of nitrogens with zero attached hydrogens (tertiary/aromatic N) is 1. The highest BCUT2D eigenvalue weighted by atomic mass is 32.1. The van der Waals surface area contributed by atoms with E-state index in [1.165, 1.54) is 4.90 Å². The molecule has 0 atom stereocenters. The number of hydrogen-bond donors (Lipinski definition) is 1. The second-order valence-corrected chi connectivity index (χ2v) is 6.52.